The van der Waals surface area contributed by atoms with Crippen molar-refractivity contribution in [1.29, 1.82) is 0 Å². The predicted octanol–water partition coefficient (Wildman–Crippen LogP) is 0.852. The van der Waals surface area contributed by atoms with Crippen LogP contribution in [-0.4, -0.2) is 73.4 Å². The third-order valence-electron chi connectivity index (χ3n) is 4.56. The Morgan fingerprint density at radius 2 is 1.70 bits per heavy atom. The minimum absolute atomic E-state index is 0.0108. The quantitative estimate of drug-likeness (QED) is 0.565. The number of nitrogens with one attached hydrogen (secondary N) is 1. The first-order chi connectivity index (χ1) is 14.1. The number of nitrogens with zero attached hydrogens (tertiary/aromatic N) is 3. The number of rotatable bonds is 4. The number of aromatic carboxylic acids is 1. The van der Waals surface area contributed by atoms with E-state index in [2.05, 4.69) is 15.3 Å². The van der Waals surface area contributed by atoms with Crippen LogP contribution < -0.4 is 5.32 Å². The molecule has 1 aromatic carbocycles. The molecule has 12 heteroatoms. The SMILES string of the molecule is O=C(O)c1ccc(C(=O)N2C[C@H](Nc3cncc(C(F)(F)F)n3)[C@@H](O)[C@@H](O)C2)cc1. The van der Waals surface area contributed by atoms with E-state index in [1.807, 2.05) is 0 Å². The molecule has 160 valence electrons. The molecule has 1 aliphatic heterocycles. The van der Waals surface area contributed by atoms with Crippen molar-refractivity contribution in [3.8, 4) is 0 Å². The molecular weight excluding hydrogens is 409 g/mol. The molecule has 1 aromatic heterocycles. The summed E-state index contributed by atoms with van der Waals surface area (Å²) in [6.45, 7) is -0.358. The van der Waals surface area contributed by atoms with Gasteiger partial charge < -0.3 is 25.5 Å². The van der Waals surface area contributed by atoms with Crippen LogP contribution in [0.3, 0.4) is 0 Å². The van der Waals surface area contributed by atoms with Crippen LogP contribution in [-0.2, 0) is 6.18 Å². The van der Waals surface area contributed by atoms with Gasteiger partial charge in [-0.3, -0.25) is 9.78 Å². The molecule has 0 spiro atoms. The van der Waals surface area contributed by atoms with E-state index in [0.29, 0.717) is 6.20 Å². The van der Waals surface area contributed by atoms with E-state index >= 15 is 0 Å². The number of carboxylic acid groups (broad SMARTS) is 1. The first kappa shape index (κ1) is 21.5. The number of halogens is 3. The number of anilines is 1. The molecule has 4 N–H and O–H groups in total. The standard InChI is InChI=1S/C18H17F3N4O5/c19-18(20,21)13-5-22-6-14(24-13)23-11-7-25(8-12(26)15(11)27)16(28)9-1-3-10(4-2-9)17(29)30/h1-6,11-12,15,26-27H,7-8H2,(H,23,24)(H,29,30)/t11-,12-,15+/m0/s1. The van der Waals surface area contributed by atoms with Crippen LogP contribution in [0, 0.1) is 0 Å². The highest BCUT2D eigenvalue weighted by Crippen LogP contribution is 2.28. The number of aromatic nitrogens is 2. The van der Waals surface area contributed by atoms with Crippen LogP contribution in [0.25, 0.3) is 0 Å². The molecule has 30 heavy (non-hydrogen) atoms. The maximum atomic E-state index is 12.8. The molecule has 1 aliphatic rings. The van der Waals surface area contributed by atoms with Crippen LogP contribution >= 0.6 is 0 Å². The van der Waals surface area contributed by atoms with Gasteiger partial charge in [0.2, 0.25) is 0 Å². The van der Waals surface area contributed by atoms with Crippen molar-refractivity contribution in [1.82, 2.24) is 14.9 Å². The Hall–Kier alpha value is -3.25. The number of hydrogen-bond acceptors (Lipinski definition) is 7. The summed E-state index contributed by atoms with van der Waals surface area (Å²) in [6, 6.07) is 4.10. The summed E-state index contributed by atoms with van der Waals surface area (Å²) in [4.78, 5) is 31.7. The summed E-state index contributed by atoms with van der Waals surface area (Å²) in [5.74, 6) is -1.97. The van der Waals surface area contributed by atoms with Gasteiger partial charge in [-0.05, 0) is 24.3 Å². The lowest BCUT2D eigenvalue weighted by atomic mass is 9.98. The Labute approximate surface area is 167 Å². The van der Waals surface area contributed by atoms with Crippen LogP contribution in [0.5, 0.6) is 0 Å². The minimum Gasteiger partial charge on any atom is -0.478 e. The molecule has 3 rings (SSSR count). The van der Waals surface area contributed by atoms with E-state index in [0.717, 1.165) is 6.20 Å². The number of amides is 1. The van der Waals surface area contributed by atoms with Crippen LogP contribution in [0.4, 0.5) is 19.0 Å². The normalized spacial score (nSPS) is 21.9. The smallest absolute Gasteiger partial charge is 0.434 e. The zero-order chi connectivity index (χ0) is 22.1. The molecule has 0 aliphatic carbocycles. The monoisotopic (exact) mass is 426 g/mol. The molecule has 3 atom stereocenters. The van der Waals surface area contributed by atoms with Crippen LogP contribution in [0.15, 0.2) is 36.7 Å². The third kappa shape index (κ3) is 4.66. The fourth-order valence-electron chi connectivity index (χ4n) is 3.02. The highest BCUT2D eigenvalue weighted by atomic mass is 19.4. The van der Waals surface area contributed by atoms with E-state index in [1.54, 1.807) is 0 Å². The summed E-state index contributed by atoms with van der Waals surface area (Å²) in [5.41, 5.74) is -1.09. The summed E-state index contributed by atoms with van der Waals surface area (Å²) in [5, 5.41) is 31.8. The number of benzene rings is 1. The average molecular weight is 426 g/mol. The van der Waals surface area contributed by atoms with Gasteiger partial charge in [0.25, 0.3) is 5.91 Å². The Morgan fingerprint density at radius 1 is 1.07 bits per heavy atom. The fraction of sp³-hybridized carbons (Fsp3) is 0.333. The van der Waals surface area contributed by atoms with Crippen molar-refractivity contribution < 1.29 is 38.1 Å². The molecular formula is C18H17F3N4O5. The predicted molar refractivity (Wildman–Crippen MR) is 95.8 cm³/mol. The largest absolute Gasteiger partial charge is 0.478 e. The Balaban J connectivity index is 1.77. The molecule has 1 fully saturated rings. The van der Waals surface area contributed by atoms with Crippen molar-refractivity contribution in [2.75, 3.05) is 18.4 Å². The van der Waals surface area contributed by atoms with E-state index in [4.69, 9.17) is 5.11 Å². The van der Waals surface area contributed by atoms with E-state index in [1.165, 1.54) is 29.2 Å². The van der Waals surface area contributed by atoms with Gasteiger partial charge in [-0.15, -0.1) is 0 Å². The van der Waals surface area contributed by atoms with Gasteiger partial charge in [0.1, 0.15) is 11.9 Å². The van der Waals surface area contributed by atoms with Gasteiger partial charge in [0, 0.05) is 18.7 Å². The Kier molecular flexibility index (Phi) is 5.89. The zero-order valence-corrected chi connectivity index (χ0v) is 15.2. The molecule has 2 aromatic rings. The summed E-state index contributed by atoms with van der Waals surface area (Å²) < 4.78 is 38.4. The number of piperidine rings is 1. The minimum atomic E-state index is -4.71. The molecule has 2 heterocycles. The number of alkyl halides is 3. The number of carbonyl (C=O) groups excluding carboxylic acids is 1. The van der Waals surface area contributed by atoms with Gasteiger partial charge in [-0.25, -0.2) is 9.78 Å². The molecule has 0 bridgehead atoms. The van der Waals surface area contributed by atoms with Crippen molar-refractivity contribution in [3.05, 3.63) is 53.5 Å². The number of aliphatic hydroxyl groups excluding tert-OH is 2. The number of β-amino-alcohol motifs (C(OH)–C–C–N with tert-alkyl or cyclic N) is 1. The van der Waals surface area contributed by atoms with Gasteiger partial charge in [0.05, 0.1) is 30.1 Å². The third-order valence-corrected chi connectivity index (χ3v) is 4.56. The first-order valence-corrected chi connectivity index (χ1v) is 8.71. The zero-order valence-electron chi connectivity index (χ0n) is 15.2. The maximum absolute atomic E-state index is 12.8. The average Bonchev–Trinajstić information content (AvgIpc) is 2.70. The second kappa shape index (κ2) is 8.24. The molecule has 0 unspecified atom stereocenters. The van der Waals surface area contributed by atoms with Crippen molar-refractivity contribution >= 4 is 17.7 Å². The highest BCUT2D eigenvalue weighted by molar-refractivity contribution is 5.96. The van der Waals surface area contributed by atoms with Crippen molar-refractivity contribution in [2.45, 2.75) is 24.4 Å². The van der Waals surface area contributed by atoms with E-state index < -0.39 is 42.0 Å². The van der Waals surface area contributed by atoms with Crippen LogP contribution in [0.2, 0.25) is 0 Å². The maximum Gasteiger partial charge on any atom is 0.434 e. The molecule has 1 amide bonds. The lowest BCUT2D eigenvalue weighted by Crippen LogP contribution is -2.59. The van der Waals surface area contributed by atoms with Crippen molar-refractivity contribution in [3.63, 3.8) is 0 Å². The Bertz CT molecular complexity index is 938. The summed E-state index contributed by atoms with van der Waals surface area (Å²) in [7, 11) is 0. The molecule has 1 saturated heterocycles. The highest BCUT2D eigenvalue weighted by Gasteiger charge is 2.38. The second-order valence-corrected chi connectivity index (χ2v) is 6.69. The van der Waals surface area contributed by atoms with Gasteiger partial charge in [-0.1, -0.05) is 0 Å². The van der Waals surface area contributed by atoms with Crippen molar-refractivity contribution in [2.24, 2.45) is 0 Å². The molecule has 9 nitrogen and oxygen atoms in total. The summed E-state index contributed by atoms with van der Waals surface area (Å²) >= 11 is 0. The number of carbonyl (C=O) groups is 2. The number of likely N-dealkylation sites (tertiary alicyclic amines) is 1. The lowest BCUT2D eigenvalue weighted by molar-refractivity contribution is -0.141. The summed E-state index contributed by atoms with van der Waals surface area (Å²) in [6.07, 6.45) is -5.87. The van der Waals surface area contributed by atoms with E-state index in [-0.39, 0.29) is 30.0 Å². The van der Waals surface area contributed by atoms with Gasteiger partial charge in [0.15, 0.2) is 5.69 Å². The van der Waals surface area contributed by atoms with Gasteiger partial charge in [-0.2, -0.15) is 13.2 Å². The fourth-order valence-corrected chi connectivity index (χ4v) is 3.02. The first-order valence-electron chi connectivity index (χ1n) is 8.71. The van der Waals surface area contributed by atoms with Crippen LogP contribution in [0.1, 0.15) is 26.4 Å². The lowest BCUT2D eigenvalue weighted by Gasteiger charge is -2.39. The number of carboxylic acids is 1. The molecule has 0 saturated carbocycles. The molecule has 0 radical (unpaired) electrons. The van der Waals surface area contributed by atoms with E-state index in [9.17, 15) is 33.0 Å². The number of aliphatic hydroxyl groups is 2. The van der Waals surface area contributed by atoms with Gasteiger partial charge >= 0.3 is 12.1 Å². The second-order valence-electron chi connectivity index (χ2n) is 6.69. The number of hydrogen-bond donors (Lipinski definition) is 4. The topological polar surface area (TPSA) is 136 Å². The Morgan fingerprint density at radius 3 is 2.30 bits per heavy atom.